The van der Waals surface area contributed by atoms with E-state index < -0.39 is 6.04 Å². The van der Waals surface area contributed by atoms with E-state index in [0.717, 1.165) is 37.7 Å². The predicted molar refractivity (Wildman–Crippen MR) is 124 cm³/mol. The Hall–Kier alpha value is -2.77. The number of nitrogens with zero attached hydrogens (tertiary/aromatic N) is 1. The summed E-state index contributed by atoms with van der Waals surface area (Å²) < 4.78 is 10.5. The topological polar surface area (TPSA) is 115 Å². The highest BCUT2D eigenvalue weighted by Crippen LogP contribution is 2.29. The second kappa shape index (κ2) is 11.7. The van der Waals surface area contributed by atoms with E-state index in [1.165, 1.54) is 19.3 Å². The molecule has 2 aliphatic carbocycles. The number of methoxy groups -OCH3 is 2. The lowest BCUT2D eigenvalue weighted by molar-refractivity contribution is -0.124. The minimum atomic E-state index is -0.569. The summed E-state index contributed by atoms with van der Waals surface area (Å²) in [6.45, 7) is 0. The fourth-order valence-corrected chi connectivity index (χ4v) is 4.37. The number of nitrogens with one attached hydrogen (secondary N) is 2. The van der Waals surface area contributed by atoms with Gasteiger partial charge in [0.1, 0.15) is 6.04 Å². The number of nitrogens with two attached hydrogens (primary N) is 1. The molecule has 8 nitrogen and oxygen atoms in total. The molecular formula is C24H36N4O4. The Morgan fingerprint density at radius 3 is 2.41 bits per heavy atom. The van der Waals surface area contributed by atoms with Crippen LogP contribution in [0, 0.1) is 5.92 Å². The zero-order chi connectivity index (χ0) is 22.9. The number of ether oxygens (including phenoxy) is 2. The molecule has 0 heterocycles. The van der Waals surface area contributed by atoms with Crippen LogP contribution in [0.1, 0.15) is 63.4 Å². The second-order valence-corrected chi connectivity index (χ2v) is 8.82. The van der Waals surface area contributed by atoms with Crippen molar-refractivity contribution in [3.63, 3.8) is 0 Å². The fourth-order valence-electron chi connectivity index (χ4n) is 4.37. The van der Waals surface area contributed by atoms with Crippen molar-refractivity contribution in [1.29, 1.82) is 0 Å². The minimum Gasteiger partial charge on any atom is -0.493 e. The summed E-state index contributed by atoms with van der Waals surface area (Å²) in [6, 6.07) is 4.98. The van der Waals surface area contributed by atoms with Gasteiger partial charge in [-0.15, -0.1) is 0 Å². The van der Waals surface area contributed by atoms with Gasteiger partial charge in [-0.2, -0.15) is 0 Å². The van der Waals surface area contributed by atoms with Crippen molar-refractivity contribution in [3.05, 3.63) is 23.8 Å². The van der Waals surface area contributed by atoms with Gasteiger partial charge in [0.15, 0.2) is 17.5 Å². The number of amides is 2. The van der Waals surface area contributed by atoms with E-state index in [9.17, 15) is 9.59 Å². The lowest BCUT2D eigenvalue weighted by Crippen LogP contribution is -2.46. The summed E-state index contributed by atoms with van der Waals surface area (Å²) >= 11 is 0. The van der Waals surface area contributed by atoms with Crippen LogP contribution in [0.3, 0.4) is 0 Å². The van der Waals surface area contributed by atoms with Gasteiger partial charge in [0, 0.05) is 6.04 Å². The molecule has 2 saturated carbocycles. The van der Waals surface area contributed by atoms with Gasteiger partial charge < -0.3 is 20.5 Å². The molecule has 1 unspecified atom stereocenters. The van der Waals surface area contributed by atoms with Crippen molar-refractivity contribution >= 4 is 17.8 Å². The molecule has 0 spiro atoms. The Kier molecular flexibility index (Phi) is 8.76. The molecule has 2 amide bonds. The first-order chi connectivity index (χ1) is 15.5. The smallest absolute Gasteiger partial charge is 0.245 e. The van der Waals surface area contributed by atoms with Gasteiger partial charge in [-0.05, 0) is 49.3 Å². The van der Waals surface area contributed by atoms with E-state index in [1.54, 1.807) is 32.4 Å². The highest BCUT2D eigenvalue weighted by Gasteiger charge is 2.28. The van der Waals surface area contributed by atoms with Crippen LogP contribution in [0.25, 0.3) is 0 Å². The number of hydrogen-bond acceptors (Lipinski definition) is 5. The van der Waals surface area contributed by atoms with Crippen molar-refractivity contribution in [2.45, 2.75) is 76.3 Å². The number of guanidine groups is 1. The third kappa shape index (κ3) is 6.87. The summed E-state index contributed by atoms with van der Waals surface area (Å²) in [5, 5.41) is 5.72. The maximum absolute atomic E-state index is 12.9. The molecule has 1 atom stereocenters. The van der Waals surface area contributed by atoms with E-state index >= 15 is 0 Å². The number of benzene rings is 1. The van der Waals surface area contributed by atoms with Crippen LogP contribution >= 0.6 is 0 Å². The number of carbonyl (C=O) groups is 2. The van der Waals surface area contributed by atoms with E-state index in [1.807, 2.05) is 0 Å². The average Bonchev–Trinajstić information content (AvgIpc) is 2.76. The normalized spacial score (nSPS) is 18.4. The lowest BCUT2D eigenvalue weighted by atomic mass is 9.84. The van der Waals surface area contributed by atoms with E-state index in [2.05, 4.69) is 15.6 Å². The van der Waals surface area contributed by atoms with E-state index in [-0.39, 0.29) is 30.2 Å². The van der Waals surface area contributed by atoms with Crippen LogP contribution < -0.4 is 25.8 Å². The van der Waals surface area contributed by atoms with Crippen LogP contribution in [0.4, 0.5) is 0 Å². The third-order valence-corrected chi connectivity index (χ3v) is 6.41. The van der Waals surface area contributed by atoms with Crippen molar-refractivity contribution in [2.75, 3.05) is 14.2 Å². The third-order valence-electron chi connectivity index (χ3n) is 6.41. The molecule has 2 fully saturated rings. The van der Waals surface area contributed by atoms with Gasteiger partial charge in [-0.1, -0.05) is 38.2 Å². The Morgan fingerprint density at radius 1 is 1.06 bits per heavy atom. The van der Waals surface area contributed by atoms with Crippen molar-refractivity contribution in [1.82, 2.24) is 10.6 Å². The van der Waals surface area contributed by atoms with Gasteiger partial charge in [-0.3, -0.25) is 14.9 Å². The van der Waals surface area contributed by atoms with Gasteiger partial charge in [0.05, 0.1) is 20.6 Å². The molecule has 0 bridgehead atoms. The van der Waals surface area contributed by atoms with Gasteiger partial charge in [-0.25, -0.2) is 4.99 Å². The summed E-state index contributed by atoms with van der Waals surface area (Å²) in [6.07, 6.45) is 9.85. The highest BCUT2D eigenvalue weighted by molar-refractivity contribution is 5.98. The number of aliphatic imine (C=N–C) groups is 1. The van der Waals surface area contributed by atoms with Crippen LogP contribution in [-0.4, -0.2) is 44.1 Å². The first-order valence-electron chi connectivity index (χ1n) is 11.6. The molecule has 0 saturated heterocycles. The average molecular weight is 445 g/mol. The minimum absolute atomic E-state index is 0.0138. The maximum Gasteiger partial charge on any atom is 0.245 e. The van der Waals surface area contributed by atoms with Crippen molar-refractivity contribution in [2.24, 2.45) is 16.6 Å². The Morgan fingerprint density at radius 2 is 1.78 bits per heavy atom. The molecule has 1 aromatic carbocycles. The monoisotopic (exact) mass is 444 g/mol. The summed E-state index contributed by atoms with van der Waals surface area (Å²) in [5.41, 5.74) is 6.80. The largest absolute Gasteiger partial charge is 0.493 e. The zero-order valence-electron chi connectivity index (χ0n) is 19.2. The predicted octanol–water partition coefficient (Wildman–Crippen LogP) is 2.68. The Labute approximate surface area is 190 Å². The van der Waals surface area contributed by atoms with Gasteiger partial charge in [0.2, 0.25) is 11.8 Å². The van der Waals surface area contributed by atoms with Crippen LogP contribution in [0.15, 0.2) is 23.2 Å². The first-order valence-corrected chi connectivity index (χ1v) is 11.6. The molecule has 4 N–H and O–H groups in total. The van der Waals surface area contributed by atoms with Crippen LogP contribution in [0.2, 0.25) is 0 Å². The first kappa shape index (κ1) is 23.9. The molecule has 2 aliphatic rings. The van der Waals surface area contributed by atoms with Crippen LogP contribution in [-0.2, 0) is 16.0 Å². The molecule has 176 valence electrons. The molecule has 1 aromatic rings. The van der Waals surface area contributed by atoms with E-state index in [0.29, 0.717) is 23.8 Å². The van der Waals surface area contributed by atoms with Crippen molar-refractivity contribution < 1.29 is 19.1 Å². The number of hydrogen-bond donors (Lipinski definition) is 3. The highest BCUT2D eigenvalue weighted by atomic mass is 16.5. The molecule has 3 rings (SSSR count). The summed E-state index contributed by atoms with van der Waals surface area (Å²) in [5.74, 6) is 1.23. The molecule has 0 radical (unpaired) electrons. The van der Waals surface area contributed by atoms with Gasteiger partial charge in [0.25, 0.3) is 0 Å². The van der Waals surface area contributed by atoms with Crippen LogP contribution in [0.5, 0.6) is 11.5 Å². The fraction of sp³-hybridized carbons (Fsp3) is 0.625. The maximum atomic E-state index is 12.9. The Bertz CT molecular complexity index is 816. The zero-order valence-corrected chi connectivity index (χ0v) is 19.2. The number of rotatable bonds is 9. The van der Waals surface area contributed by atoms with Crippen molar-refractivity contribution in [3.8, 4) is 11.5 Å². The molecule has 0 aromatic heterocycles. The molecule has 8 heteroatoms. The standard InChI is InChI=1S/C24H36N4O4/c1-31-20-12-11-17(14-21(20)32-2)15-22(29)28-24(25)27-19(13-16-7-4-3-5-8-16)23(30)26-18-9-6-10-18/h11-12,14,16,18-19H,3-10,13,15H2,1-2H3,(H,26,30)(H3,25,27,28,29). The number of carbonyl (C=O) groups excluding carboxylic acids is 2. The Balaban J connectivity index is 1.62. The van der Waals surface area contributed by atoms with Gasteiger partial charge >= 0.3 is 0 Å². The van der Waals surface area contributed by atoms with E-state index in [4.69, 9.17) is 15.2 Å². The SMILES string of the molecule is COc1ccc(CC(=O)NC(N)=NC(CC2CCCCC2)C(=O)NC2CCC2)cc1OC. The molecule has 0 aliphatic heterocycles. The summed E-state index contributed by atoms with van der Waals surface area (Å²) in [7, 11) is 3.11. The quantitative estimate of drug-likeness (QED) is 0.400. The molecular weight excluding hydrogens is 408 g/mol. The lowest BCUT2D eigenvalue weighted by Gasteiger charge is -2.29. The molecule has 32 heavy (non-hydrogen) atoms. The second-order valence-electron chi connectivity index (χ2n) is 8.82. The summed E-state index contributed by atoms with van der Waals surface area (Å²) in [4.78, 5) is 29.8.